The highest BCUT2D eigenvalue weighted by atomic mass is 16.1. The summed E-state index contributed by atoms with van der Waals surface area (Å²) in [5.41, 5.74) is 4.69. The molecule has 2 unspecified atom stereocenters. The summed E-state index contributed by atoms with van der Waals surface area (Å²) < 4.78 is 0. The third-order valence-corrected chi connectivity index (χ3v) is 6.15. The minimum Gasteiger partial charge on any atom is -0.294 e. The lowest BCUT2D eigenvalue weighted by molar-refractivity contribution is -0.122. The second-order valence-electron chi connectivity index (χ2n) is 8.85. The molecule has 2 aromatic carbocycles. The molecule has 32 heavy (non-hydrogen) atoms. The monoisotopic (exact) mass is 423 g/mol. The van der Waals surface area contributed by atoms with Crippen molar-refractivity contribution in [3.05, 3.63) is 83.7 Å². The Bertz CT molecular complexity index is 1110. The van der Waals surface area contributed by atoms with Crippen molar-refractivity contribution in [1.29, 1.82) is 0 Å². The van der Waals surface area contributed by atoms with Crippen molar-refractivity contribution in [3.8, 4) is 11.4 Å². The molecule has 1 aromatic heterocycles. The maximum atomic E-state index is 12.9. The standard InChI is InChI=1S/C28H29N3O/c1-19(2)25-14-9-20(3)26(27(25)32)15-21-10-12-24(13-11-21)29-16-22-17-30-28(31-18-22)23-7-5-4-6-8-23/h4-8,10-13,15-20,25H,9,14H2,1-3H3. The maximum absolute atomic E-state index is 12.9. The van der Waals surface area contributed by atoms with Crippen LogP contribution in [0.1, 0.15) is 44.7 Å². The van der Waals surface area contributed by atoms with Gasteiger partial charge in [-0.3, -0.25) is 9.79 Å². The zero-order chi connectivity index (χ0) is 22.5. The number of Topliss-reactive ketones (excluding diaryl/α,β-unsaturated/α-hetero) is 1. The van der Waals surface area contributed by atoms with Crippen LogP contribution in [-0.2, 0) is 4.79 Å². The van der Waals surface area contributed by atoms with Gasteiger partial charge in [-0.15, -0.1) is 0 Å². The Hall–Kier alpha value is -3.40. The molecule has 0 aliphatic heterocycles. The second kappa shape index (κ2) is 9.82. The van der Waals surface area contributed by atoms with Gasteiger partial charge >= 0.3 is 0 Å². The van der Waals surface area contributed by atoms with Crippen LogP contribution >= 0.6 is 0 Å². The third-order valence-electron chi connectivity index (χ3n) is 6.15. The number of ketones is 1. The van der Waals surface area contributed by atoms with Crippen molar-refractivity contribution in [3.63, 3.8) is 0 Å². The Balaban J connectivity index is 1.45. The molecule has 1 aliphatic rings. The van der Waals surface area contributed by atoms with Crippen molar-refractivity contribution in [2.75, 3.05) is 0 Å². The molecule has 0 spiro atoms. The van der Waals surface area contributed by atoms with Crippen LogP contribution in [0.15, 0.2) is 77.6 Å². The number of hydrogen-bond acceptors (Lipinski definition) is 4. The van der Waals surface area contributed by atoms with E-state index in [1.807, 2.05) is 54.6 Å². The van der Waals surface area contributed by atoms with Crippen LogP contribution in [0.5, 0.6) is 0 Å². The fraction of sp³-hybridized carbons (Fsp3) is 0.286. The Labute approximate surface area is 190 Å². The van der Waals surface area contributed by atoms with Crippen molar-refractivity contribution in [1.82, 2.24) is 9.97 Å². The fourth-order valence-electron chi connectivity index (χ4n) is 4.15. The molecule has 1 saturated carbocycles. The van der Waals surface area contributed by atoms with E-state index in [1.54, 1.807) is 18.6 Å². The largest absolute Gasteiger partial charge is 0.294 e. The van der Waals surface area contributed by atoms with E-state index >= 15 is 0 Å². The molecular formula is C28H29N3O. The SMILES string of the molecule is CC1CCC(C(C)C)C(=O)C1=Cc1ccc(N=Cc2cnc(-c3ccccc3)nc2)cc1. The van der Waals surface area contributed by atoms with Gasteiger partial charge in [0.2, 0.25) is 0 Å². The van der Waals surface area contributed by atoms with Crippen molar-refractivity contribution >= 4 is 23.8 Å². The van der Waals surface area contributed by atoms with Gasteiger partial charge in [-0.05, 0) is 54.0 Å². The van der Waals surface area contributed by atoms with Crippen LogP contribution in [0, 0.1) is 17.8 Å². The van der Waals surface area contributed by atoms with E-state index in [4.69, 9.17) is 0 Å². The zero-order valence-corrected chi connectivity index (χ0v) is 18.9. The quantitative estimate of drug-likeness (QED) is 0.345. The third kappa shape index (κ3) is 5.08. The van der Waals surface area contributed by atoms with E-state index in [-0.39, 0.29) is 5.92 Å². The molecule has 3 aromatic rings. The smallest absolute Gasteiger partial charge is 0.162 e. The molecule has 162 valence electrons. The number of hydrogen-bond donors (Lipinski definition) is 0. The van der Waals surface area contributed by atoms with Gasteiger partial charge in [0.05, 0.1) is 5.69 Å². The number of benzene rings is 2. The van der Waals surface area contributed by atoms with Gasteiger partial charge in [0.15, 0.2) is 11.6 Å². The molecule has 2 atom stereocenters. The first-order valence-corrected chi connectivity index (χ1v) is 11.3. The van der Waals surface area contributed by atoms with E-state index in [9.17, 15) is 4.79 Å². The Kier molecular flexibility index (Phi) is 6.69. The Morgan fingerprint density at radius 2 is 1.62 bits per heavy atom. The van der Waals surface area contributed by atoms with Crippen molar-refractivity contribution < 1.29 is 4.79 Å². The highest BCUT2D eigenvalue weighted by Crippen LogP contribution is 2.35. The number of aromatic nitrogens is 2. The highest BCUT2D eigenvalue weighted by Gasteiger charge is 2.32. The Morgan fingerprint density at radius 3 is 2.28 bits per heavy atom. The van der Waals surface area contributed by atoms with Gasteiger partial charge in [0, 0.05) is 35.7 Å². The van der Waals surface area contributed by atoms with E-state index < -0.39 is 0 Å². The molecule has 0 radical (unpaired) electrons. The predicted molar refractivity (Wildman–Crippen MR) is 131 cm³/mol. The molecular weight excluding hydrogens is 394 g/mol. The number of rotatable bonds is 5. The van der Waals surface area contributed by atoms with Crippen LogP contribution in [0.25, 0.3) is 17.5 Å². The summed E-state index contributed by atoms with van der Waals surface area (Å²) in [6, 6.07) is 17.9. The number of carbonyl (C=O) groups is 1. The van der Waals surface area contributed by atoms with Crippen LogP contribution in [0.3, 0.4) is 0 Å². The average molecular weight is 424 g/mol. The van der Waals surface area contributed by atoms with Crippen LogP contribution in [0.2, 0.25) is 0 Å². The summed E-state index contributed by atoms with van der Waals surface area (Å²) in [5.74, 6) is 1.87. The van der Waals surface area contributed by atoms with Gasteiger partial charge in [0.1, 0.15) is 0 Å². The summed E-state index contributed by atoms with van der Waals surface area (Å²) in [6.45, 7) is 6.44. The summed E-state index contributed by atoms with van der Waals surface area (Å²) in [7, 11) is 0. The molecule has 0 saturated heterocycles. The van der Waals surface area contributed by atoms with Gasteiger partial charge in [-0.1, -0.05) is 63.2 Å². The molecule has 1 fully saturated rings. The van der Waals surface area contributed by atoms with Gasteiger partial charge in [-0.2, -0.15) is 0 Å². The molecule has 4 heteroatoms. The van der Waals surface area contributed by atoms with Crippen molar-refractivity contribution in [2.45, 2.75) is 33.6 Å². The first-order valence-electron chi connectivity index (χ1n) is 11.3. The topological polar surface area (TPSA) is 55.2 Å². The molecule has 4 nitrogen and oxygen atoms in total. The lowest BCUT2D eigenvalue weighted by atomic mass is 9.73. The molecule has 0 N–H and O–H groups in total. The summed E-state index contributed by atoms with van der Waals surface area (Å²) >= 11 is 0. The van der Waals surface area contributed by atoms with Gasteiger partial charge in [-0.25, -0.2) is 9.97 Å². The second-order valence-corrected chi connectivity index (χ2v) is 8.85. The molecule has 1 heterocycles. The van der Waals surface area contributed by atoms with E-state index in [2.05, 4.69) is 41.8 Å². The van der Waals surface area contributed by atoms with E-state index in [0.717, 1.165) is 40.8 Å². The lowest BCUT2D eigenvalue weighted by Gasteiger charge is -2.30. The van der Waals surface area contributed by atoms with Crippen molar-refractivity contribution in [2.24, 2.45) is 22.7 Å². The number of allylic oxidation sites excluding steroid dienone is 1. The molecule has 0 bridgehead atoms. The number of nitrogens with zero attached hydrogens (tertiary/aromatic N) is 3. The summed E-state index contributed by atoms with van der Waals surface area (Å²) in [5, 5.41) is 0. The molecule has 4 rings (SSSR count). The van der Waals surface area contributed by atoms with Crippen LogP contribution < -0.4 is 0 Å². The first-order chi connectivity index (χ1) is 15.5. The van der Waals surface area contributed by atoms with E-state index in [1.165, 1.54) is 0 Å². The molecule has 0 amide bonds. The normalized spacial score (nSPS) is 20.4. The average Bonchev–Trinajstić information content (AvgIpc) is 2.82. The molecule has 1 aliphatic carbocycles. The van der Waals surface area contributed by atoms with Crippen LogP contribution in [0.4, 0.5) is 5.69 Å². The highest BCUT2D eigenvalue weighted by molar-refractivity contribution is 6.02. The predicted octanol–water partition coefficient (Wildman–Crippen LogP) is 6.55. The zero-order valence-electron chi connectivity index (χ0n) is 18.9. The minimum atomic E-state index is 0.150. The first kappa shape index (κ1) is 21.8. The van der Waals surface area contributed by atoms with Gasteiger partial charge < -0.3 is 0 Å². The lowest BCUT2D eigenvalue weighted by Crippen LogP contribution is -2.30. The minimum absolute atomic E-state index is 0.150. The van der Waals surface area contributed by atoms with E-state index in [0.29, 0.717) is 23.4 Å². The maximum Gasteiger partial charge on any atom is 0.162 e. The summed E-state index contributed by atoms with van der Waals surface area (Å²) in [4.78, 5) is 26.3. The van der Waals surface area contributed by atoms with Gasteiger partial charge in [0.25, 0.3) is 0 Å². The Morgan fingerprint density at radius 1 is 0.938 bits per heavy atom. The number of aliphatic imine (C=N–C) groups is 1. The summed E-state index contributed by atoms with van der Waals surface area (Å²) in [6.07, 6.45) is 9.46. The number of carbonyl (C=O) groups excluding carboxylic acids is 1. The fourth-order valence-corrected chi connectivity index (χ4v) is 4.15. The van der Waals surface area contributed by atoms with Crippen LogP contribution in [-0.4, -0.2) is 22.0 Å².